The van der Waals surface area contributed by atoms with E-state index in [4.69, 9.17) is 4.74 Å². The smallest absolute Gasteiger partial charge is 0.172 e. The minimum absolute atomic E-state index is 0.277. The second-order valence-corrected chi connectivity index (χ2v) is 8.89. The van der Waals surface area contributed by atoms with Gasteiger partial charge in [-0.25, -0.2) is 4.39 Å². The molecule has 0 radical (unpaired) electrons. The van der Waals surface area contributed by atoms with Gasteiger partial charge in [0.25, 0.3) is 0 Å². The van der Waals surface area contributed by atoms with Crippen molar-refractivity contribution in [2.75, 3.05) is 7.11 Å². The number of hydrogen-bond donors (Lipinski definition) is 0. The van der Waals surface area contributed by atoms with Crippen molar-refractivity contribution in [2.24, 2.45) is 5.92 Å². The van der Waals surface area contributed by atoms with Gasteiger partial charge in [-0.1, -0.05) is 68.3 Å². The van der Waals surface area contributed by atoms with Crippen LogP contribution in [0.25, 0.3) is 10.8 Å². The van der Waals surface area contributed by atoms with Gasteiger partial charge in [-0.2, -0.15) is 0 Å². The Morgan fingerprint density at radius 1 is 0.867 bits per heavy atom. The molecule has 1 aliphatic carbocycles. The van der Waals surface area contributed by atoms with Gasteiger partial charge in [-0.3, -0.25) is 0 Å². The van der Waals surface area contributed by atoms with Crippen LogP contribution in [-0.4, -0.2) is 7.11 Å². The maximum absolute atomic E-state index is 14.4. The summed E-state index contributed by atoms with van der Waals surface area (Å²) in [4.78, 5) is 0. The van der Waals surface area contributed by atoms with Crippen molar-refractivity contribution in [3.8, 4) is 5.75 Å². The topological polar surface area (TPSA) is 9.23 Å². The van der Waals surface area contributed by atoms with E-state index < -0.39 is 0 Å². The Bertz CT molecular complexity index is 968. The normalized spacial score (nSPS) is 19.2. The third-order valence-electron chi connectivity index (χ3n) is 6.90. The predicted molar refractivity (Wildman–Crippen MR) is 124 cm³/mol. The molecule has 0 saturated heterocycles. The third-order valence-corrected chi connectivity index (χ3v) is 6.90. The average molecular weight is 405 g/mol. The van der Waals surface area contributed by atoms with E-state index in [0.717, 1.165) is 30.1 Å². The lowest BCUT2D eigenvalue weighted by Crippen LogP contribution is -2.13. The Morgan fingerprint density at radius 3 is 2.27 bits per heavy atom. The van der Waals surface area contributed by atoms with Crippen LogP contribution in [0.3, 0.4) is 0 Å². The van der Waals surface area contributed by atoms with E-state index in [1.165, 1.54) is 62.3 Å². The fraction of sp³-hybridized carbons (Fsp3) is 0.429. The number of fused-ring (bicyclic) bond motifs is 1. The van der Waals surface area contributed by atoms with Crippen LogP contribution in [0.15, 0.2) is 54.6 Å². The summed E-state index contributed by atoms with van der Waals surface area (Å²) >= 11 is 0. The van der Waals surface area contributed by atoms with Crippen LogP contribution in [0.5, 0.6) is 5.75 Å². The van der Waals surface area contributed by atoms with E-state index in [9.17, 15) is 4.39 Å². The zero-order valence-corrected chi connectivity index (χ0v) is 18.3. The Labute approximate surface area is 180 Å². The van der Waals surface area contributed by atoms with Crippen LogP contribution in [0, 0.1) is 11.7 Å². The van der Waals surface area contributed by atoms with Crippen LogP contribution >= 0.6 is 0 Å². The fourth-order valence-corrected chi connectivity index (χ4v) is 5.07. The van der Waals surface area contributed by atoms with Crippen molar-refractivity contribution in [1.29, 1.82) is 0 Å². The largest absolute Gasteiger partial charge is 0.494 e. The first kappa shape index (κ1) is 20.9. The minimum atomic E-state index is -0.277. The van der Waals surface area contributed by atoms with Crippen LogP contribution < -0.4 is 4.74 Å². The summed E-state index contributed by atoms with van der Waals surface area (Å²) < 4.78 is 19.5. The van der Waals surface area contributed by atoms with Crippen LogP contribution in [0.4, 0.5) is 4.39 Å². The molecule has 0 aliphatic heterocycles. The van der Waals surface area contributed by atoms with E-state index in [1.807, 2.05) is 18.2 Å². The maximum atomic E-state index is 14.4. The fourth-order valence-electron chi connectivity index (χ4n) is 5.07. The van der Waals surface area contributed by atoms with Gasteiger partial charge in [-0.05, 0) is 78.5 Å². The van der Waals surface area contributed by atoms with Gasteiger partial charge in [0.15, 0.2) is 11.6 Å². The summed E-state index contributed by atoms with van der Waals surface area (Å²) in [6.45, 7) is 2.30. The quantitative estimate of drug-likeness (QED) is 0.389. The Kier molecular flexibility index (Phi) is 6.72. The Hall–Kier alpha value is -2.35. The molecule has 1 saturated carbocycles. The Morgan fingerprint density at radius 2 is 1.57 bits per heavy atom. The highest BCUT2D eigenvalue weighted by Gasteiger charge is 2.21. The molecule has 3 aromatic carbocycles. The molecule has 0 spiro atoms. The van der Waals surface area contributed by atoms with Gasteiger partial charge in [0, 0.05) is 5.39 Å². The van der Waals surface area contributed by atoms with Gasteiger partial charge in [-0.15, -0.1) is 0 Å². The molecule has 0 atom stereocenters. The summed E-state index contributed by atoms with van der Waals surface area (Å²) in [6, 6.07) is 19.0. The maximum Gasteiger partial charge on any atom is 0.172 e. The van der Waals surface area contributed by atoms with Gasteiger partial charge in [0.05, 0.1) is 7.11 Å². The van der Waals surface area contributed by atoms with Crippen molar-refractivity contribution < 1.29 is 9.13 Å². The predicted octanol–water partition coefficient (Wildman–Crippen LogP) is 7.85. The summed E-state index contributed by atoms with van der Waals surface area (Å²) in [5.41, 5.74) is 4.13. The van der Waals surface area contributed by atoms with Crippen molar-refractivity contribution in [1.82, 2.24) is 0 Å². The number of aryl methyl sites for hydroxylation is 2. The first-order chi connectivity index (χ1) is 14.7. The highest BCUT2D eigenvalue weighted by molar-refractivity contribution is 5.85. The number of halogens is 1. The lowest BCUT2D eigenvalue weighted by atomic mass is 9.77. The van der Waals surface area contributed by atoms with Crippen LogP contribution in [0.1, 0.15) is 68.1 Å². The molecule has 0 N–H and O–H groups in total. The number of methoxy groups -OCH3 is 1. The van der Waals surface area contributed by atoms with Gasteiger partial charge >= 0.3 is 0 Å². The zero-order chi connectivity index (χ0) is 20.9. The lowest BCUT2D eigenvalue weighted by Gasteiger charge is -2.28. The molecule has 0 heterocycles. The van der Waals surface area contributed by atoms with Crippen molar-refractivity contribution in [3.05, 3.63) is 77.1 Å². The van der Waals surface area contributed by atoms with Gasteiger partial charge in [0.2, 0.25) is 0 Å². The highest BCUT2D eigenvalue weighted by Crippen LogP contribution is 2.37. The molecule has 158 valence electrons. The molecule has 30 heavy (non-hydrogen) atoms. The molecular weight excluding hydrogens is 371 g/mol. The Balaban J connectivity index is 1.36. The molecule has 0 amide bonds. The molecular formula is C28H33FO. The molecule has 0 bridgehead atoms. The monoisotopic (exact) mass is 404 g/mol. The average Bonchev–Trinajstić information content (AvgIpc) is 2.79. The minimum Gasteiger partial charge on any atom is -0.494 e. The van der Waals surface area contributed by atoms with Crippen LogP contribution in [-0.2, 0) is 12.8 Å². The second-order valence-electron chi connectivity index (χ2n) is 8.89. The molecule has 1 fully saturated rings. The summed E-state index contributed by atoms with van der Waals surface area (Å²) in [6.07, 6.45) is 10.2. The summed E-state index contributed by atoms with van der Waals surface area (Å²) in [5.74, 6) is 1.73. The van der Waals surface area contributed by atoms with Gasteiger partial charge in [0.1, 0.15) is 0 Å². The number of hydrogen-bond acceptors (Lipinski definition) is 1. The molecule has 2 heteroatoms. The van der Waals surface area contributed by atoms with E-state index in [1.54, 1.807) is 6.07 Å². The van der Waals surface area contributed by atoms with Crippen molar-refractivity contribution >= 4 is 10.8 Å². The lowest BCUT2D eigenvalue weighted by molar-refractivity contribution is 0.308. The van der Waals surface area contributed by atoms with Crippen LogP contribution in [0.2, 0.25) is 0 Å². The number of ether oxygens (including phenoxy) is 1. The zero-order valence-electron chi connectivity index (χ0n) is 18.3. The van der Waals surface area contributed by atoms with E-state index in [2.05, 4.69) is 37.3 Å². The first-order valence-electron chi connectivity index (χ1n) is 11.5. The molecule has 4 rings (SSSR count). The molecule has 0 aromatic heterocycles. The van der Waals surface area contributed by atoms with E-state index in [-0.39, 0.29) is 5.82 Å². The van der Waals surface area contributed by atoms with E-state index in [0.29, 0.717) is 11.1 Å². The number of benzene rings is 3. The molecule has 0 unspecified atom stereocenters. The van der Waals surface area contributed by atoms with Crippen molar-refractivity contribution in [2.45, 2.75) is 64.2 Å². The summed E-state index contributed by atoms with van der Waals surface area (Å²) in [7, 11) is 1.50. The molecule has 3 aromatic rings. The molecule has 1 aliphatic rings. The second kappa shape index (κ2) is 9.64. The van der Waals surface area contributed by atoms with Crippen molar-refractivity contribution in [3.63, 3.8) is 0 Å². The van der Waals surface area contributed by atoms with E-state index >= 15 is 0 Å². The highest BCUT2D eigenvalue weighted by atomic mass is 19.1. The standard InChI is InChI=1S/C28H33FO/c1-3-4-20-7-12-23(13-8-20)24-14-9-21(10-15-24)5-6-22-11-17-26-25(19-22)16-18-27(30-2)28(26)29/h9-11,14-20,23H,3-8,12-13H2,1-2H3. The molecule has 1 nitrogen and oxygen atoms in total. The SMILES string of the molecule is CCCC1CCC(c2ccc(CCc3ccc4c(F)c(OC)ccc4c3)cc2)CC1. The summed E-state index contributed by atoms with van der Waals surface area (Å²) in [5, 5.41) is 1.55. The number of rotatable bonds is 7. The van der Waals surface area contributed by atoms with Gasteiger partial charge < -0.3 is 4.74 Å². The third kappa shape index (κ3) is 4.69. The first-order valence-corrected chi connectivity index (χ1v) is 11.5.